The lowest BCUT2D eigenvalue weighted by Gasteiger charge is -2.11. The van der Waals surface area contributed by atoms with Gasteiger partial charge >= 0.3 is 5.97 Å². The summed E-state index contributed by atoms with van der Waals surface area (Å²) in [5.41, 5.74) is 0.795. The van der Waals surface area contributed by atoms with Crippen molar-refractivity contribution in [2.75, 3.05) is 0 Å². The predicted octanol–water partition coefficient (Wildman–Crippen LogP) is 5.04. The van der Waals surface area contributed by atoms with Crippen LogP contribution in [0.15, 0.2) is 34.8 Å². The topological polar surface area (TPSA) is 46.5 Å². The molecule has 104 valence electrons. The van der Waals surface area contributed by atoms with Crippen molar-refractivity contribution in [2.24, 2.45) is 0 Å². The zero-order chi connectivity index (χ0) is 14.9. The Kier molecular flexibility index (Phi) is 4.30. The highest BCUT2D eigenvalue weighted by Crippen LogP contribution is 2.35. The maximum Gasteiger partial charge on any atom is 0.339 e. The van der Waals surface area contributed by atoms with Crippen molar-refractivity contribution >= 4 is 33.5 Å². The van der Waals surface area contributed by atoms with Crippen LogP contribution in [0.5, 0.6) is 11.5 Å². The van der Waals surface area contributed by atoms with E-state index >= 15 is 0 Å². The van der Waals surface area contributed by atoms with Crippen molar-refractivity contribution < 1.29 is 19.0 Å². The van der Waals surface area contributed by atoms with Gasteiger partial charge < -0.3 is 9.84 Å². The third kappa shape index (κ3) is 3.11. The Labute approximate surface area is 128 Å². The number of aromatic carboxylic acids is 1. The highest BCUT2D eigenvalue weighted by Gasteiger charge is 2.15. The van der Waals surface area contributed by atoms with E-state index in [0.717, 1.165) is 11.6 Å². The molecule has 0 aliphatic rings. The normalized spacial score (nSPS) is 10.4. The fourth-order valence-electron chi connectivity index (χ4n) is 1.60. The number of carboxylic acid groups (broad SMARTS) is 1. The maximum absolute atomic E-state index is 13.4. The number of hydrogen-bond acceptors (Lipinski definition) is 2. The van der Waals surface area contributed by atoms with Gasteiger partial charge in [-0.15, -0.1) is 0 Å². The van der Waals surface area contributed by atoms with E-state index in [1.54, 1.807) is 13.0 Å². The minimum atomic E-state index is -1.12. The van der Waals surface area contributed by atoms with Crippen LogP contribution in [-0.4, -0.2) is 11.1 Å². The van der Waals surface area contributed by atoms with Gasteiger partial charge in [0.2, 0.25) is 0 Å². The van der Waals surface area contributed by atoms with E-state index in [0.29, 0.717) is 4.47 Å². The second-order valence-electron chi connectivity index (χ2n) is 4.10. The molecule has 3 nitrogen and oxygen atoms in total. The molecule has 2 rings (SSSR count). The Morgan fingerprint density at radius 3 is 2.65 bits per heavy atom. The Morgan fingerprint density at radius 1 is 1.30 bits per heavy atom. The molecule has 0 radical (unpaired) electrons. The Hall–Kier alpha value is -1.59. The van der Waals surface area contributed by atoms with Gasteiger partial charge in [0.25, 0.3) is 0 Å². The Bertz CT molecular complexity index is 688. The van der Waals surface area contributed by atoms with E-state index in [9.17, 15) is 9.18 Å². The zero-order valence-electron chi connectivity index (χ0n) is 10.3. The predicted molar refractivity (Wildman–Crippen MR) is 77.3 cm³/mol. The summed E-state index contributed by atoms with van der Waals surface area (Å²) in [6, 6.07) is 7.16. The SMILES string of the molecule is Cc1ccc(Oc2cc(F)c(Cl)cc2Br)c(C(=O)O)c1. The molecule has 0 heterocycles. The summed E-state index contributed by atoms with van der Waals surface area (Å²) in [6.07, 6.45) is 0. The summed E-state index contributed by atoms with van der Waals surface area (Å²) in [4.78, 5) is 11.2. The third-order valence-electron chi connectivity index (χ3n) is 2.56. The standard InChI is InChI=1S/C14H9BrClFO3/c1-7-2-3-12(8(4-7)14(18)19)20-13-6-11(17)10(16)5-9(13)15/h2-6H,1H3,(H,18,19). The van der Waals surface area contributed by atoms with E-state index in [-0.39, 0.29) is 22.1 Å². The first kappa shape index (κ1) is 14.8. The molecule has 0 aliphatic heterocycles. The molecule has 20 heavy (non-hydrogen) atoms. The molecular formula is C14H9BrClFO3. The Balaban J connectivity index is 2.45. The van der Waals surface area contributed by atoms with Gasteiger partial charge in [0.05, 0.1) is 9.50 Å². The third-order valence-corrected chi connectivity index (χ3v) is 3.47. The lowest BCUT2D eigenvalue weighted by Crippen LogP contribution is -2.01. The summed E-state index contributed by atoms with van der Waals surface area (Å²) in [5, 5.41) is 9.10. The van der Waals surface area contributed by atoms with E-state index in [1.807, 2.05) is 0 Å². The molecule has 0 atom stereocenters. The minimum absolute atomic E-state index is 0.00672. The quantitative estimate of drug-likeness (QED) is 0.781. The average Bonchev–Trinajstić information content (AvgIpc) is 2.37. The number of benzene rings is 2. The first-order chi connectivity index (χ1) is 9.38. The Morgan fingerprint density at radius 2 is 2.00 bits per heavy atom. The van der Waals surface area contributed by atoms with Crippen molar-refractivity contribution in [1.29, 1.82) is 0 Å². The van der Waals surface area contributed by atoms with Crippen LogP contribution in [0.2, 0.25) is 5.02 Å². The lowest BCUT2D eigenvalue weighted by atomic mass is 10.1. The largest absolute Gasteiger partial charge is 0.478 e. The van der Waals surface area contributed by atoms with Crippen LogP contribution in [0.4, 0.5) is 4.39 Å². The molecule has 2 aromatic carbocycles. The van der Waals surface area contributed by atoms with Crippen LogP contribution in [0.3, 0.4) is 0 Å². The van der Waals surface area contributed by atoms with E-state index in [4.69, 9.17) is 21.4 Å². The van der Waals surface area contributed by atoms with Gasteiger partial charge in [-0.05, 0) is 41.1 Å². The summed E-state index contributed by atoms with van der Waals surface area (Å²) in [7, 11) is 0. The number of carboxylic acids is 1. The summed E-state index contributed by atoms with van der Waals surface area (Å²) in [6.45, 7) is 1.77. The molecule has 0 fully saturated rings. The van der Waals surface area contributed by atoms with Gasteiger partial charge in [-0.2, -0.15) is 0 Å². The molecular weight excluding hydrogens is 351 g/mol. The molecule has 0 bridgehead atoms. The number of halogens is 3. The summed E-state index contributed by atoms with van der Waals surface area (Å²) in [5.74, 6) is -1.48. The van der Waals surface area contributed by atoms with Crippen LogP contribution in [0, 0.1) is 12.7 Å². The summed E-state index contributed by atoms with van der Waals surface area (Å²) < 4.78 is 19.3. The highest BCUT2D eigenvalue weighted by molar-refractivity contribution is 9.10. The van der Waals surface area contributed by atoms with Crippen molar-refractivity contribution in [3.05, 3.63) is 56.8 Å². The maximum atomic E-state index is 13.4. The van der Waals surface area contributed by atoms with Gasteiger partial charge in [0.15, 0.2) is 0 Å². The van der Waals surface area contributed by atoms with E-state index in [2.05, 4.69) is 15.9 Å². The van der Waals surface area contributed by atoms with Gasteiger partial charge in [0.1, 0.15) is 22.9 Å². The van der Waals surface area contributed by atoms with E-state index < -0.39 is 11.8 Å². The van der Waals surface area contributed by atoms with Crippen LogP contribution < -0.4 is 4.74 Å². The van der Waals surface area contributed by atoms with Crippen LogP contribution in [0.1, 0.15) is 15.9 Å². The molecule has 0 spiro atoms. The van der Waals surface area contributed by atoms with Crippen LogP contribution >= 0.6 is 27.5 Å². The smallest absolute Gasteiger partial charge is 0.339 e. The molecule has 0 saturated heterocycles. The van der Waals surface area contributed by atoms with Crippen molar-refractivity contribution in [1.82, 2.24) is 0 Å². The molecule has 0 unspecified atom stereocenters. The molecule has 0 saturated carbocycles. The fourth-order valence-corrected chi connectivity index (χ4v) is 2.32. The van der Waals surface area contributed by atoms with Crippen LogP contribution in [-0.2, 0) is 0 Å². The fraction of sp³-hybridized carbons (Fsp3) is 0.0714. The monoisotopic (exact) mass is 358 g/mol. The minimum Gasteiger partial charge on any atom is -0.478 e. The number of rotatable bonds is 3. The van der Waals surface area contributed by atoms with Crippen molar-refractivity contribution in [3.63, 3.8) is 0 Å². The van der Waals surface area contributed by atoms with Gasteiger partial charge in [0, 0.05) is 6.07 Å². The highest BCUT2D eigenvalue weighted by atomic mass is 79.9. The average molecular weight is 360 g/mol. The second-order valence-corrected chi connectivity index (χ2v) is 5.37. The number of aryl methyl sites for hydroxylation is 1. The number of ether oxygens (including phenoxy) is 1. The summed E-state index contributed by atoms with van der Waals surface area (Å²) >= 11 is 8.83. The van der Waals surface area contributed by atoms with Gasteiger partial charge in [-0.1, -0.05) is 23.2 Å². The van der Waals surface area contributed by atoms with Gasteiger partial charge in [-0.3, -0.25) is 0 Å². The number of hydrogen-bond donors (Lipinski definition) is 1. The van der Waals surface area contributed by atoms with Gasteiger partial charge in [-0.25, -0.2) is 9.18 Å². The molecule has 0 amide bonds. The molecule has 0 aliphatic carbocycles. The first-order valence-corrected chi connectivity index (χ1v) is 6.72. The van der Waals surface area contributed by atoms with Crippen molar-refractivity contribution in [2.45, 2.75) is 6.92 Å². The second kappa shape index (κ2) is 5.81. The first-order valence-electron chi connectivity index (χ1n) is 5.55. The zero-order valence-corrected chi connectivity index (χ0v) is 12.6. The molecule has 2 aromatic rings. The molecule has 6 heteroatoms. The van der Waals surface area contributed by atoms with Crippen molar-refractivity contribution in [3.8, 4) is 11.5 Å². The molecule has 1 N–H and O–H groups in total. The lowest BCUT2D eigenvalue weighted by molar-refractivity contribution is 0.0694. The number of carbonyl (C=O) groups is 1. The molecule has 0 aromatic heterocycles. The van der Waals surface area contributed by atoms with E-state index in [1.165, 1.54) is 18.2 Å². The van der Waals surface area contributed by atoms with Crippen LogP contribution in [0.25, 0.3) is 0 Å².